The van der Waals surface area contributed by atoms with Gasteiger partial charge < -0.3 is 11.1 Å². The van der Waals surface area contributed by atoms with E-state index in [2.05, 4.69) is 23.2 Å². The van der Waals surface area contributed by atoms with Crippen LogP contribution in [0.15, 0.2) is 24.3 Å². The van der Waals surface area contributed by atoms with E-state index in [4.69, 9.17) is 5.73 Å². The first-order chi connectivity index (χ1) is 9.06. The zero-order valence-electron chi connectivity index (χ0n) is 12.1. The van der Waals surface area contributed by atoms with E-state index in [0.29, 0.717) is 13.1 Å². The highest BCUT2D eigenvalue weighted by Crippen LogP contribution is 2.11. The zero-order chi connectivity index (χ0) is 14.3. The van der Waals surface area contributed by atoms with Crippen LogP contribution in [0.25, 0.3) is 0 Å². The van der Waals surface area contributed by atoms with E-state index in [1.807, 2.05) is 32.0 Å². The minimum absolute atomic E-state index is 0.0714. The summed E-state index contributed by atoms with van der Waals surface area (Å²) >= 11 is 0. The molecule has 0 bridgehead atoms. The number of nitrogens with zero attached hydrogens (tertiary/aromatic N) is 1. The van der Waals surface area contributed by atoms with Crippen molar-refractivity contribution >= 4 is 5.91 Å². The Kier molecular flexibility index (Phi) is 6.53. The van der Waals surface area contributed by atoms with Gasteiger partial charge in [-0.05, 0) is 31.5 Å². The first kappa shape index (κ1) is 15.7. The summed E-state index contributed by atoms with van der Waals surface area (Å²) in [5.41, 5.74) is 8.08. The molecular weight excluding hydrogens is 238 g/mol. The molecule has 0 fully saturated rings. The van der Waals surface area contributed by atoms with Crippen molar-refractivity contribution in [2.75, 3.05) is 13.1 Å². The lowest BCUT2D eigenvalue weighted by Crippen LogP contribution is -2.39. The monoisotopic (exact) mass is 263 g/mol. The van der Waals surface area contributed by atoms with Crippen LogP contribution < -0.4 is 11.1 Å². The molecule has 0 aliphatic carbocycles. The average molecular weight is 263 g/mol. The topological polar surface area (TPSA) is 58.4 Å². The fourth-order valence-corrected chi connectivity index (χ4v) is 2.00. The molecule has 1 aromatic carbocycles. The number of rotatable bonds is 7. The molecule has 0 unspecified atom stereocenters. The van der Waals surface area contributed by atoms with Gasteiger partial charge in [-0.2, -0.15) is 0 Å². The maximum atomic E-state index is 11.8. The maximum absolute atomic E-state index is 11.8. The Morgan fingerprint density at radius 3 is 2.47 bits per heavy atom. The fraction of sp³-hybridized carbons (Fsp3) is 0.533. The van der Waals surface area contributed by atoms with E-state index >= 15 is 0 Å². The number of benzene rings is 1. The smallest absolute Gasteiger partial charge is 0.234 e. The lowest BCUT2D eigenvalue weighted by atomic mass is 10.1. The van der Waals surface area contributed by atoms with Crippen LogP contribution in [0.3, 0.4) is 0 Å². The van der Waals surface area contributed by atoms with Crippen LogP contribution in [0.4, 0.5) is 0 Å². The number of amides is 1. The van der Waals surface area contributed by atoms with E-state index in [1.54, 1.807) is 0 Å². The van der Waals surface area contributed by atoms with Gasteiger partial charge in [-0.25, -0.2) is 0 Å². The van der Waals surface area contributed by atoms with Gasteiger partial charge in [0.25, 0.3) is 0 Å². The molecule has 106 valence electrons. The van der Waals surface area contributed by atoms with E-state index in [-0.39, 0.29) is 11.9 Å². The number of likely N-dealkylation sites (N-methyl/N-ethyl adjacent to an activating group) is 1. The van der Waals surface area contributed by atoms with E-state index < -0.39 is 0 Å². The highest BCUT2D eigenvalue weighted by atomic mass is 16.2. The summed E-state index contributed by atoms with van der Waals surface area (Å²) in [4.78, 5) is 13.9. The van der Waals surface area contributed by atoms with Crippen molar-refractivity contribution in [1.29, 1.82) is 0 Å². The molecular formula is C15H25N3O. The molecule has 0 radical (unpaired) electrons. The standard InChI is InChI=1S/C15H25N3O/c1-4-18(11-15(19)17-12(2)3)10-14-8-6-5-7-13(14)9-16/h5-8,12H,4,9-11,16H2,1-3H3,(H,17,19). The Hall–Kier alpha value is -1.39. The predicted octanol–water partition coefficient (Wildman–Crippen LogP) is 1.49. The van der Waals surface area contributed by atoms with Crippen LogP contribution in [0.5, 0.6) is 0 Å². The first-order valence-electron chi connectivity index (χ1n) is 6.85. The van der Waals surface area contributed by atoms with E-state index in [0.717, 1.165) is 18.7 Å². The molecule has 0 aromatic heterocycles. The highest BCUT2D eigenvalue weighted by molar-refractivity contribution is 5.78. The Morgan fingerprint density at radius 2 is 1.95 bits per heavy atom. The SMILES string of the molecule is CCN(CC(=O)NC(C)C)Cc1ccccc1CN. The third-order valence-corrected chi connectivity index (χ3v) is 3.00. The Morgan fingerprint density at radius 1 is 1.32 bits per heavy atom. The molecule has 0 aliphatic heterocycles. The molecule has 0 heterocycles. The summed E-state index contributed by atoms with van der Waals surface area (Å²) in [7, 11) is 0. The van der Waals surface area contributed by atoms with Crippen LogP contribution in [-0.2, 0) is 17.9 Å². The molecule has 0 aliphatic rings. The molecule has 3 N–H and O–H groups in total. The number of nitrogens with two attached hydrogens (primary N) is 1. The fourth-order valence-electron chi connectivity index (χ4n) is 2.00. The predicted molar refractivity (Wildman–Crippen MR) is 78.6 cm³/mol. The van der Waals surface area contributed by atoms with Crippen molar-refractivity contribution in [2.24, 2.45) is 5.73 Å². The van der Waals surface area contributed by atoms with E-state index in [1.165, 1.54) is 5.56 Å². The molecule has 0 atom stereocenters. The molecule has 0 spiro atoms. The number of carbonyl (C=O) groups is 1. The molecule has 4 heteroatoms. The Balaban J connectivity index is 2.63. The van der Waals surface area contributed by atoms with Gasteiger partial charge in [-0.1, -0.05) is 31.2 Å². The normalized spacial score (nSPS) is 11.1. The third kappa shape index (κ3) is 5.41. The van der Waals surface area contributed by atoms with E-state index in [9.17, 15) is 4.79 Å². The van der Waals surface area contributed by atoms with Crippen LogP contribution >= 0.6 is 0 Å². The Labute approximate surface area is 116 Å². The van der Waals surface area contributed by atoms with Gasteiger partial charge in [0.15, 0.2) is 0 Å². The second-order valence-corrected chi connectivity index (χ2v) is 5.00. The van der Waals surface area contributed by atoms with Crippen LogP contribution in [0.2, 0.25) is 0 Å². The zero-order valence-corrected chi connectivity index (χ0v) is 12.1. The second kappa shape index (κ2) is 7.92. The number of nitrogens with one attached hydrogen (secondary N) is 1. The maximum Gasteiger partial charge on any atom is 0.234 e. The molecule has 1 rings (SSSR count). The van der Waals surface area contributed by atoms with Crippen molar-refractivity contribution in [3.05, 3.63) is 35.4 Å². The van der Waals surface area contributed by atoms with Gasteiger partial charge in [0.2, 0.25) is 5.91 Å². The third-order valence-electron chi connectivity index (χ3n) is 3.00. The summed E-state index contributed by atoms with van der Waals surface area (Å²) in [6.45, 7) is 8.56. The largest absolute Gasteiger partial charge is 0.353 e. The van der Waals surface area contributed by atoms with Crippen molar-refractivity contribution in [3.63, 3.8) is 0 Å². The summed E-state index contributed by atoms with van der Waals surface area (Å²) < 4.78 is 0. The minimum atomic E-state index is 0.0714. The molecule has 19 heavy (non-hydrogen) atoms. The van der Waals surface area contributed by atoms with Gasteiger partial charge in [-0.3, -0.25) is 9.69 Å². The van der Waals surface area contributed by atoms with Gasteiger partial charge in [-0.15, -0.1) is 0 Å². The average Bonchev–Trinajstić information content (AvgIpc) is 2.37. The summed E-state index contributed by atoms with van der Waals surface area (Å²) in [6, 6.07) is 8.30. The first-order valence-corrected chi connectivity index (χ1v) is 6.85. The minimum Gasteiger partial charge on any atom is -0.353 e. The molecule has 1 aromatic rings. The van der Waals surface area contributed by atoms with Crippen LogP contribution in [-0.4, -0.2) is 29.9 Å². The second-order valence-electron chi connectivity index (χ2n) is 5.00. The Bertz CT molecular complexity index is 404. The summed E-state index contributed by atoms with van der Waals surface area (Å²) in [5.74, 6) is 0.0714. The van der Waals surface area contributed by atoms with Crippen molar-refractivity contribution in [2.45, 2.75) is 39.9 Å². The summed E-state index contributed by atoms with van der Waals surface area (Å²) in [6.07, 6.45) is 0. The lowest BCUT2D eigenvalue weighted by molar-refractivity contribution is -0.122. The van der Waals surface area contributed by atoms with Crippen LogP contribution in [0.1, 0.15) is 31.9 Å². The lowest BCUT2D eigenvalue weighted by Gasteiger charge is -2.22. The van der Waals surface area contributed by atoms with Crippen molar-refractivity contribution in [3.8, 4) is 0 Å². The quantitative estimate of drug-likeness (QED) is 0.783. The molecule has 1 amide bonds. The van der Waals surface area contributed by atoms with Crippen molar-refractivity contribution in [1.82, 2.24) is 10.2 Å². The highest BCUT2D eigenvalue weighted by Gasteiger charge is 2.11. The van der Waals surface area contributed by atoms with Gasteiger partial charge >= 0.3 is 0 Å². The van der Waals surface area contributed by atoms with Gasteiger partial charge in [0.05, 0.1) is 6.54 Å². The number of hydrogen-bond acceptors (Lipinski definition) is 3. The van der Waals surface area contributed by atoms with Gasteiger partial charge in [0.1, 0.15) is 0 Å². The molecule has 0 saturated carbocycles. The molecule has 4 nitrogen and oxygen atoms in total. The molecule has 0 saturated heterocycles. The number of carbonyl (C=O) groups excluding carboxylic acids is 1. The van der Waals surface area contributed by atoms with Crippen LogP contribution in [0, 0.1) is 0 Å². The van der Waals surface area contributed by atoms with Crippen molar-refractivity contribution < 1.29 is 4.79 Å². The van der Waals surface area contributed by atoms with Gasteiger partial charge in [0, 0.05) is 19.1 Å². The number of hydrogen-bond donors (Lipinski definition) is 2. The summed E-state index contributed by atoms with van der Waals surface area (Å²) in [5, 5.41) is 2.92.